The van der Waals surface area contributed by atoms with Crippen molar-refractivity contribution in [2.75, 3.05) is 0 Å². The summed E-state index contributed by atoms with van der Waals surface area (Å²) >= 11 is 3.50. The highest BCUT2D eigenvalue weighted by atomic mass is 79.9. The van der Waals surface area contributed by atoms with Crippen LogP contribution in [0.3, 0.4) is 0 Å². The molecule has 0 aromatic heterocycles. The van der Waals surface area contributed by atoms with E-state index < -0.39 is 0 Å². The lowest BCUT2D eigenvalue weighted by atomic mass is 9.88. The van der Waals surface area contributed by atoms with E-state index in [1.807, 2.05) is 54.6 Å². The van der Waals surface area contributed by atoms with Gasteiger partial charge in [-0.25, -0.2) is 0 Å². The summed E-state index contributed by atoms with van der Waals surface area (Å²) in [6.07, 6.45) is 0. The molecule has 4 rings (SSSR count). The first-order valence-electron chi connectivity index (χ1n) is 9.19. The van der Waals surface area contributed by atoms with E-state index in [0.29, 0.717) is 0 Å². The monoisotopic (exact) mass is 426 g/mol. The van der Waals surface area contributed by atoms with E-state index in [-0.39, 0.29) is 5.78 Å². The van der Waals surface area contributed by atoms with Crippen molar-refractivity contribution in [1.29, 1.82) is 0 Å². The molecule has 0 fully saturated rings. The number of halogens is 1. The molecule has 0 heterocycles. The van der Waals surface area contributed by atoms with Crippen molar-refractivity contribution in [3.05, 3.63) is 107 Å². The van der Waals surface area contributed by atoms with Crippen LogP contribution in [0.1, 0.15) is 17.3 Å². The second kappa shape index (κ2) is 7.95. The number of ketones is 1. The van der Waals surface area contributed by atoms with Crippen LogP contribution in [0.15, 0.2) is 102 Å². The highest BCUT2D eigenvalue weighted by Gasteiger charge is 2.15. The molecule has 0 aliphatic heterocycles. The highest BCUT2D eigenvalue weighted by Crippen LogP contribution is 2.38. The molecule has 1 nitrogen and oxygen atoms in total. The smallest absolute Gasteiger partial charge is 0.160 e. The summed E-state index contributed by atoms with van der Waals surface area (Å²) in [4.78, 5) is 12.4. The van der Waals surface area contributed by atoms with E-state index in [2.05, 4.69) is 58.4 Å². The molecule has 0 aliphatic carbocycles. The van der Waals surface area contributed by atoms with Gasteiger partial charge in [0.2, 0.25) is 0 Å². The number of carbonyl (C=O) groups excluding carboxylic acids is 1. The SMILES string of the molecule is CC(=O)c1cc(Br)ccc1-c1cc(-c2ccccc2)ccc1-c1ccccc1. The van der Waals surface area contributed by atoms with Gasteiger partial charge in [0, 0.05) is 10.0 Å². The minimum absolute atomic E-state index is 0.0559. The average Bonchev–Trinajstić information content (AvgIpc) is 2.74. The van der Waals surface area contributed by atoms with Crippen molar-refractivity contribution < 1.29 is 4.79 Å². The standard InChI is InChI=1S/C26H19BrO/c1-18(28)25-17-22(27)13-15-24(25)26-16-21(19-8-4-2-5-9-19)12-14-23(26)20-10-6-3-7-11-20/h2-17H,1H3. The number of carbonyl (C=O) groups is 1. The molecule has 0 atom stereocenters. The first kappa shape index (κ1) is 18.4. The third-order valence-electron chi connectivity index (χ3n) is 4.86. The fourth-order valence-corrected chi connectivity index (χ4v) is 3.85. The Balaban J connectivity index is 1.99. The lowest BCUT2D eigenvalue weighted by molar-refractivity contribution is 0.101. The molecule has 0 saturated heterocycles. The van der Waals surface area contributed by atoms with Crippen LogP contribution >= 0.6 is 15.9 Å². The Bertz CT molecular complexity index is 1130. The lowest BCUT2D eigenvalue weighted by Crippen LogP contribution is -1.98. The maximum atomic E-state index is 12.4. The lowest BCUT2D eigenvalue weighted by Gasteiger charge is -2.16. The molecule has 0 amide bonds. The second-order valence-corrected chi connectivity index (χ2v) is 7.65. The van der Waals surface area contributed by atoms with Crippen LogP contribution in [0, 0.1) is 0 Å². The van der Waals surface area contributed by atoms with E-state index >= 15 is 0 Å². The van der Waals surface area contributed by atoms with Crippen molar-refractivity contribution in [1.82, 2.24) is 0 Å². The third kappa shape index (κ3) is 3.69. The first-order chi connectivity index (χ1) is 13.6. The molecule has 0 N–H and O–H groups in total. The van der Waals surface area contributed by atoms with Crippen LogP contribution in [0.5, 0.6) is 0 Å². The Hall–Kier alpha value is -2.97. The summed E-state index contributed by atoms with van der Waals surface area (Å²) in [7, 11) is 0. The topological polar surface area (TPSA) is 17.1 Å². The minimum Gasteiger partial charge on any atom is -0.294 e. The Morgan fingerprint density at radius 1 is 0.607 bits per heavy atom. The molecule has 4 aromatic rings. The molecule has 0 radical (unpaired) electrons. The number of hydrogen-bond acceptors (Lipinski definition) is 1. The van der Waals surface area contributed by atoms with Gasteiger partial charge in [-0.2, -0.15) is 0 Å². The van der Waals surface area contributed by atoms with Crippen LogP contribution in [0.25, 0.3) is 33.4 Å². The van der Waals surface area contributed by atoms with Gasteiger partial charge in [-0.05, 0) is 58.5 Å². The van der Waals surface area contributed by atoms with E-state index in [9.17, 15) is 4.79 Å². The van der Waals surface area contributed by atoms with Gasteiger partial charge in [-0.15, -0.1) is 0 Å². The van der Waals surface area contributed by atoms with Crippen molar-refractivity contribution in [2.45, 2.75) is 6.92 Å². The largest absolute Gasteiger partial charge is 0.294 e. The zero-order valence-corrected chi connectivity index (χ0v) is 17.1. The van der Waals surface area contributed by atoms with Gasteiger partial charge >= 0.3 is 0 Å². The molecule has 0 spiro atoms. The summed E-state index contributed by atoms with van der Waals surface area (Å²) in [5.41, 5.74) is 7.27. The summed E-state index contributed by atoms with van der Waals surface area (Å²) < 4.78 is 0.905. The van der Waals surface area contributed by atoms with Gasteiger partial charge in [0.1, 0.15) is 0 Å². The number of rotatable bonds is 4. The highest BCUT2D eigenvalue weighted by molar-refractivity contribution is 9.10. The molecule has 136 valence electrons. The van der Waals surface area contributed by atoms with Crippen molar-refractivity contribution in [3.63, 3.8) is 0 Å². The summed E-state index contributed by atoms with van der Waals surface area (Å²) in [5.74, 6) is 0.0559. The molecule has 0 bridgehead atoms. The van der Waals surface area contributed by atoms with E-state index in [0.717, 1.165) is 43.4 Å². The van der Waals surface area contributed by atoms with Crippen molar-refractivity contribution in [3.8, 4) is 33.4 Å². The minimum atomic E-state index is 0.0559. The summed E-state index contributed by atoms with van der Waals surface area (Å²) in [5, 5.41) is 0. The number of hydrogen-bond donors (Lipinski definition) is 0. The summed E-state index contributed by atoms with van der Waals surface area (Å²) in [6.45, 7) is 1.62. The van der Waals surface area contributed by atoms with Crippen LogP contribution in [-0.4, -0.2) is 5.78 Å². The van der Waals surface area contributed by atoms with Gasteiger partial charge in [0.05, 0.1) is 0 Å². The van der Waals surface area contributed by atoms with Crippen LogP contribution in [-0.2, 0) is 0 Å². The molecular formula is C26H19BrO. The first-order valence-corrected chi connectivity index (χ1v) is 9.98. The van der Waals surface area contributed by atoms with Crippen LogP contribution < -0.4 is 0 Å². The molecule has 0 aliphatic rings. The van der Waals surface area contributed by atoms with E-state index in [1.54, 1.807) is 6.92 Å². The zero-order valence-electron chi connectivity index (χ0n) is 15.5. The van der Waals surface area contributed by atoms with Gasteiger partial charge in [0.15, 0.2) is 5.78 Å². The molecule has 0 unspecified atom stereocenters. The second-order valence-electron chi connectivity index (χ2n) is 6.74. The maximum absolute atomic E-state index is 12.4. The number of Topliss-reactive ketones (excluding diaryl/α,β-unsaturated/α-hetero) is 1. The average molecular weight is 427 g/mol. The quantitative estimate of drug-likeness (QED) is 0.306. The van der Waals surface area contributed by atoms with Crippen LogP contribution in [0.2, 0.25) is 0 Å². The fourth-order valence-electron chi connectivity index (χ4n) is 3.49. The third-order valence-corrected chi connectivity index (χ3v) is 5.36. The molecule has 28 heavy (non-hydrogen) atoms. The van der Waals surface area contributed by atoms with Crippen molar-refractivity contribution in [2.24, 2.45) is 0 Å². The Morgan fingerprint density at radius 2 is 1.21 bits per heavy atom. The van der Waals surface area contributed by atoms with Crippen LogP contribution in [0.4, 0.5) is 0 Å². The Morgan fingerprint density at radius 3 is 1.86 bits per heavy atom. The van der Waals surface area contributed by atoms with Gasteiger partial charge in [-0.3, -0.25) is 4.79 Å². The fraction of sp³-hybridized carbons (Fsp3) is 0.0385. The molecule has 2 heteroatoms. The Kier molecular flexibility index (Phi) is 5.23. The molecular weight excluding hydrogens is 408 g/mol. The molecule has 0 saturated carbocycles. The maximum Gasteiger partial charge on any atom is 0.160 e. The van der Waals surface area contributed by atoms with Gasteiger partial charge in [-0.1, -0.05) is 94.8 Å². The van der Waals surface area contributed by atoms with E-state index in [4.69, 9.17) is 0 Å². The predicted octanol–water partition coefficient (Wildman–Crippen LogP) is 7.65. The normalized spacial score (nSPS) is 10.6. The number of benzene rings is 4. The van der Waals surface area contributed by atoms with Gasteiger partial charge in [0.25, 0.3) is 0 Å². The van der Waals surface area contributed by atoms with E-state index in [1.165, 1.54) is 0 Å². The molecule has 4 aromatic carbocycles. The Labute approximate surface area is 173 Å². The predicted molar refractivity (Wildman–Crippen MR) is 120 cm³/mol. The van der Waals surface area contributed by atoms with Gasteiger partial charge < -0.3 is 0 Å². The summed E-state index contributed by atoms with van der Waals surface area (Å²) in [6, 6.07) is 33.0. The van der Waals surface area contributed by atoms with Crippen molar-refractivity contribution >= 4 is 21.7 Å². The zero-order chi connectivity index (χ0) is 19.5.